The lowest BCUT2D eigenvalue weighted by Crippen LogP contribution is -2.12. The lowest BCUT2D eigenvalue weighted by atomic mass is 10.1. The van der Waals surface area contributed by atoms with Crippen LogP contribution in [0.2, 0.25) is 0 Å². The Morgan fingerprint density at radius 2 is 2.24 bits per heavy atom. The average molecular weight is 283 g/mol. The van der Waals surface area contributed by atoms with Crippen molar-refractivity contribution in [3.63, 3.8) is 0 Å². The van der Waals surface area contributed by atoms with Gasteiger partial charge in [0.15, 0.2) is 0 Å². The third-order valence-electron chi connectivity index (χ3n) is 3.50. The molecule has 3 rings (SSSR count). The number of hydrogen-bond acceptors (Lipinski definition) is 3. The van der Waals surface area contributed by atoms with Gasteiger partial charge in [0.1, 0.15) is 6.33 Å². The van der Waals surface area contributed by atoms with Gasteiger partial charge in [0.25, 0.3) is 0 Å². The average Bonchev–Trinajstić information content (AvgIpc) is 3.09. The maximum atomic E-state index is 11.8. The second kappa shape index (κ2) is 5.78. The van der Waals surface area contributed by atoms with Crippen LogP contribution in [0.4, 0.5) is 5.95 Å². The molecule has 1 amide bonds. The summed E-state index contributed by atoms with van der Waals surface area (Å²) >= 11 is 0. The van der Waals surface area contributed by atoms with Crippen molar-refractivity contribution in [1.82, 2.24) is 19.7 Å². The van der Waals surface area contributed by atoms with Gasteiger partial charge in [0.2, 0.25) is 11.9 Å². The van der Waals surface area contributed by atoms with E-state index in [0.717, 1.165) is 12.8 Å². The first-order chi connectivity index (χ1) is 10.2. The number of aromatic nitrogens is 4. The van der Waals surface area contributed by atoms with Crippen LogP contribution in [0, 0.1) is 0 Å². The zero-order chi connectivity index (χ0) is 14.7. The number of nitrogens with zero attached hydrogens (tertiary/aromatic N) is 3. The number of rotatable bonds is 5. The largest absolute Gasteiger partial charge is 0.350 e. The molecule has 0 atom stereocenters. The SMILES string of the molecule is Cn1cc(CCCC(=O)Nc2ncn[nH]2)c2ccccc21. The number of carbonyl (C=O) groups is 1. The van der Waals surface area contributed by atoms with Gasteiger partial charge in [0.05, 0.1) is 0 Å². The topological polar surface area (TPSA) is 75.6 Å². The maximum Gasteiger partial charge on any atom is 0.226 e. The number of anilines is 1. The minimum atomic E-state index is -0.0491. The summed E-state index contributed by atoms with van der Waals surface area (Å²) < 4.78 is 2.12. The number of carbonyl (C=O) groups excluding carboxylic acids is 1. The molecule has 1 aromatic carbocycles. The highest BCUT2D eigenvalue weighted by Crippen LogP contribution is 2.21. The predicted octanol–water partition coefficient (Wildman–Crippen LogP) is 2.26. The Hall–Kier alpha value is -2.63. The Labute approximate surface area is 122 Å². The Morgan fingerprint density at radius 1 is 1.38 bits per heavy atom. The molecule has 0 aliphatic heterocycles. The summed E-state index contributed by atoms with van der Waals surface area (Å²) in [4.78, 5) is 15.6. The van der Waals surface area contributed by atoms with Crippen molar-refractivity contribution in [1.29, 1.82) is 0 Å². The molecular weight excluding hydrogens is 266 g/mol. The normalized spacial score (nSPS) is 10.9. The third-order valence-corrected chi connectivity index (χ3v) is 3.50. The van der Waals surface area contributed by atoms with Crippen molar-refractivity contribution in [3.05, 3.63) is 42.4 Å². The molecule has 3 aromatic rings. The zero-order valence-electron chi connectivity index (χ0n) is 11.8. The molecule has 0 spiro atoms. The molecule has 6 heteroatoms. The van der Waals surface area contributed by atoms with Crippen LogP contribution in [0.3, 0.4) is 0 Å². The van der Waals surface area contributed by atoms with E-state index in [2.05, 4.69) is 43.4 Å². The number of fused-ring (bicyclic) bond motifs is 1. The molecule has 21 heavy (non-hydrogen) atoms. The van der Waals surface area contributed by atoms with Crippen LogP contribution in [0.1, 0.15) is 18.4 Å². The molecule has 0 aliphatic rings. The van der Waals surface area contributed by atoms with Gasteiger partial charge < -0.3 is 4.57 Å². The van der Waals surface area contributed by atoms with Gasteiger partial charge in [-0.2, -0.15) is 10.1 Å². The maximum absolute atomic E-state index is 11.8. The number of hydrogen-bond donors (Lipinski definition) is 2. The van der Waals surface area contributed by atoms with Gasteiger partial charge >= 0.3 is 0 Å². The van der Waals surface area contributed by atoms with Crippen LogP contribution in [-0.4, -0.2) is 25.7 Å². The first kappa shape index (κ1) is 13.4. The van der Waals surface area contributed by atoms with Gasteiger partial charge in [-0.05, 0) is 24.5 Å². The molecule has 0 fully saturated rings. The van der Waals surface area contributed by atoms with Crippen LogP contribution in [0.15, 0.2) is 36.8 Å². The molecule has 0 aliphatic carbocycles. The second-order valence-electron chi connectivity index (χ2n) is 5.02. The molecule has 2 heterocycles. The Balaban J connectivity index is 1.58. The van der Waals surface area contributed by atoms with Crippen LogP contribution in [0.5, 0.6) is 0 Å². The number of amides is 1. The minimum Gasteiger partial charge on any atom is -0.350 e. The standard InChI is InChI=1S/C15H17N5O/c1-20-9-11(12-6-2-3-7-13(12)20)5-4-8-14(21)18-15-16-10-17-19-15/h2-3,6-7,9-10H,4-5,8H2,1H3,(H2,16,17,18,19,21). The van der Waals surface area contributed by atoms with Gasteiger partial charge in [-0.1, -0.05) is 18.2 Å². The molecule has 0 bridgehead atoms. The highest BCUT2D eigenvalue weighted by Gasteiger charge is 2.08. The quantitative estimate of drug-likeness (QED) is 0.754. The summed E-state index contributed by atoms with van der Waals surface area (Å²) in [5.74, 6) is 0.345. The fourth-order valence-electron chi connectivity index (χ4n) is 2.52. The highest BCUT2D eigenvalue weighted by atomic mass is 16.1. The van der Waals surface area contributed by atoms with Crippen LogP contribution in [-0.2, 0) is 18.3 Å². The Kier molecular flexibility index (Phi) is 3.68. The molecular formula is C15H17N5O. The number of benzene rings is 1. The molecule has 0 saturated carbocycles. The minimum absolute atomic E-state index is 0.0491. The Bertz CT molecular complexity index is 745. The Morgan fingerprint density at radius 3 is 3.05 bits per heavy atom. The van der Waals surface area contributed by atoms with Crippen molar-refractivity contribution >= 4 is 22.8 Å². The predicted molar refractivity (Wildman–Crippen MR) is 80.9 cm³/mol. The highest BCUT2D eigenvalue weighted by molar-refractivity contribution is 5.89. The summed E-state index contributed by atoms with van der Waals surface area (Å²) in [6.45, 7) is 0. The van der Waals surface area contributed by atoms with E-state index < -0.39 is 0 Å². The van der Waals surface area contributed by atoms with Gasteiger partial charge in [-0.15, -0.1) is 0 Å². The fraction of sp³-hybridized carbons (Fsp3) is 0.267. The number of aryl methyl sites for hydroxylation is 2. The lowest BCUT2D eigenvalue weighted by Gasteiger charge is -2.01. The molecule has 108 valence electrons. The van der Waals surface area contributed by atoms with Crippen molar-refractivity contribution in [3.8, 4) is 0 Å². The van der Waals surface area contributed by atoms with Crippen molar-refractivity contribution in [2.24, 2.45) is 7.05 Å². The van der Waals surface area contributed by atoms with E-state index in [-0.39, 0.29) is 5.91 Å². The summed E-state index contributed by atoms with van der Waals surface area (Å²) in [6.07, 6.45) is 5.65. The first-order valence-corrected chi connectivity index (χ1v) is 6.92. The number of para-hydroxylation sites is 1. The van der Waals surface area contributed by atoms with E-state index in [0.29, 0.717) is 12.4 Å². The number of aromatic amines is 1. The fourth-order valence-corrected chi connectivity index (χ4v) is 2.52. The summed E-state index contributed by atoms with van der Waals surface area (Å²) in [7, 11) is 2.04. The molecule has 0 unspecified atom stereocenters. The van der Waals surface area contributed by atoms with E-state index in [9.17, 15) is 4.79 Å². The van der Waals surface area contributed by atoms with Crippen molar-refractivity contribution < 1.29 is 4.79 Å². The van der Waals surface area contributed by atoms with E-state index >= 15 is 0 Å². The smallest absolute Gasteiger partial charge is 0.226 e. The van der Waals surface area contributed by atoms with E-state index in [1.807, 2.05) is 19.2 Å². The number of H-pyrrole nitrogens is 1. The first-order valence-electron chi connectivity index (χ1n) is 6.92. The number of nitrogens with one attached hydrogen (secondary N) is 2. The van der Waals surface area contributed by atoms with Crippen LogP contribution < -0.4 is 5.32 Å². The van der Waals surface area contributed by atoms with Gasteiger partial charge in [0, 0.05) is 30.6 Å². The monoisotopic (exact) mass is 283 g/mol. The third kappa shape index (κ3) is 2.94. The van der Waals surface area contributed by atoms with Crippen molar-refractivity contribution in [2.45, 2.75) is 19.3 Å². The lowest BCUT2D eigenvalue weighted by molar-refractivity contribution is -0.116. The molecule has 2 aromatic heterocycles. The molecule has 6 nitrogen and oxygen atoms in total. The summed E-state index contributed by atoms with van der Waals surface area (Å²) in [5, 5.41) is 10.2. The molecule has 0 saturated heterocycles. The summed E-state index contributed by atoms with van der Waals surface area (Å²) in [6, 6.07) is 8.31. The van der Waals surface area contributed by atoms with E-state index in [1.54, 1.807) is 0 Å². The molecule has 0 radical (unpaired) electrons. The van der Waals surface area contributed by atoms with Crippen LogP contribution >= 0.6 is 0 Å². The van der Waals surface area contributed by atoms with E-state index in [4.69, 9.17) is 0 Å². The second-order valence-corrected chi connectivity index (χ2v) is 5.02. The summed E-state index contributed by atoms with van der Waals surface area (Å²) in [5.41, 5.74) is 2.50. The van der Waals surface area contributed by atoms with Crippen LogP contribution in [0.25, 0.3) is 10.9 Å². The zero-order valence-corrected chi connectivity index (χ0v) is 11.8. The van der Waals surface area contributed by atoms with E-state index in [1.165, 1.54) is 22.8 Å². The van der Waals surface area contributed by atoms with Gasteiger partial charge in [-0.3, -0.25) is 10.1 Å². The van der Waals surface area contributed by atoms with Gasteiger partial charge in [-0.25, -0.2) is 5.10 Å². The molecule has 2 N–H and O–H groups in total. The van der Waals surface area contributed by atoms with Crippen molar-refractivity contribution in [2.75, 3.05) is 5.32 Å².